The normalized spacial score (nSPS) is 14.3. The molecule has 1 aliphatic carbocycles. The summed E-state index contributed by atoms with van der Waals surface area (Å²) in [6, 6.07) is 12.9. The van der Waals surface area contributed by atoms with E-state index in [0.717, 1.165) is 24.8 Å². The van der Waals surface area contributed by atoms with Crippen LogP contribution in [-0.2, 0) is 16.6 Å². The third kappa shape index (κ3) is 6.42. The number of nitrogens with one attached hydrogen (secondary N) is 2. The van der Waals surface area contributed by atoms with Crippen molar-refractivity contribution >= 4 is 27.5 Å². The maximum atomic E-state index is 12.3. The van der Waals surface area contributed by atoms with Gasteiger partial charge in [-0.05, 0) is 74.1 Å². The van der Waals surface area contributed by atoms with Crippen molar-refractivity contribution in [2.45, 2.75) is 43.5 Å². The molecule has 0 atom stereocenters. The smallest absolute Gasteiger partial charge is 0.251 e. The van der Waals surface area contributed by atoms with E-state index in [0.29, 0.717) is 17.1 Å². The first-order valence-corrected chi connectivity index (χ1v) is 11.6. The molecule has 0 saturated carbocycles. The van der Waals surface area contributed by atoms with Gasteiger partial charge >= 0.3 is 0 Å². The molecule has 0 saturated heterocycles. The maximum Gasteiger partial charge on any atom is 0.251 e. The summed E-state index contributed by atoms with van der Waals surface area (Å²) in [5.41, 5.74) is 2.76. The van der Waals surface area contributed by atoms with E-state index >= 15 is 0 Å². The van der Waals surface area contributed by atoms with E-state index in [-0.39, 0.29) is 17.3 Å². The molecule has 2 N–H and O–H groups in total. The number of sulfonamides is 1. The Balaban J connectivity index is 1.49. The number of allylic oxidation sites excluding steroid dienone is 1. The van der Waals surface area contributed by atoms with Gasteiger partial charge in [-0.3, -0.25) is 4.79 Å². The van der Waals surface area contributed by atoms with Gasteiger partial charge in [0.1, 0.15) is 0 Å². The van der Waals surface area contributed by atoms with Crippen molar-refractivity contribution < 1.29 is 13.2 Å². The van der Waals surface area contributed by atoms with Crippen LogP contribution in [0.3, 0.4) is 0 Å². The van der Waals surface area contributed by atoms with E-state index in [4.69, 9.17) is 11.6 Å². The predicted octanol–water partition coefficient (Wildman–Crippen LogP) is 4.44. The fourth-order valence-corrected chi connectivity index (χ4v) is 4.36. The summed E-state index contributed by atoms with van der Waals surface area (Å²) in [5.74, 6) is -0.116. The fourth-order valence-electron chi connectivity index (χ4n) is 3.22. The van der Waals surface area contributed by atoms with Gasteiger partial charge in [0.15, 0.2) is 0 Å². The predicted molar refractivity (Wildman–Crippen MR) is 115 cm³/mol. The van der Waals surface area contributed by atoms with Crippen molar-refractivity contribution in [3.63, 3.8) is 0 Å². The van der Waals surface area contributed by atoms with Gasteiger partial charge in [-0.15, -0.1) is 0 Å². The third-order valence-electron chi connectivity index (χ3n) is 4.92. The molecule has 29 heavy (non-hydrogen) atoms. The van der Waals surface area contributed by atoms with Crippen LogP contribution in [0, 0.1) is 0 Å². The highest BCUT2D eigenvalue weighted by Gasteiger charge is 2.13. The fraction of sp³-hybridized carbons (Fsp3) is 0.318. The van der Waals surface area contributed by atoms with Crippen LogP contribution >= 0.6 is 11.6 Å². The lowest BCUT2D eigenvalue weighted by molar-refractivity contribution is 0.0954. The first-order valence-electron chi connectivity index (χ1n) is 9.74. The quantitative estimate of drug-likeness (QED) is 0.605. The lowest BCUT2D eigenvalue weighted by atomic mass is 9.97. The Bertz CT molecular complexity index is 968. The first-order chi connectivity index (χ1) is 13.9. The zero-order valence-electron chi connectivity index (χ0n) is 16.2. The number of amides is 1. The average Bonchev–Trinajstić information content (AvgIpc) is 2.74. The Morgan fingerprint density at radius 2 is 1.72 bits per heavy atom. The molecule has 0 bridgehead atoms. The summed E-state index contributed by atoms with van der Waals surface area (Å²) in [4.78, 5) is 12.4. The second-order valence-electron chi connectivity index (χ2n) is 7.09. The van der Waals surface area contributed by atoms with Crippen LogP contribution in [0.5, 0.6) is 0 Å². The highest BCUT2D eigenvalue weighted by molar-refractivity contribution is 7.89. The Kier molecular flexibility index (Phi) is 7.47. The highest BCUT2D eigenvalue weighted by Crippen LogP contribution is 2.19. The van der Waals surface area contributed by atoms with E-state index in [1.807, 2.05) is 0 Å². The Hall–Kier alpha value is -2.15. The number of carbonyl (C=O) groups is 1. The van der Waals surface area contributed by atoms with Gasteiger partial charge in [-0.25, -0.2) is 13.1 Å². The number of rotatable bonds is 8. The minimum Gasteiger partial charge on any atom is -0.352 e. The number of hydrogen-bond acceptors (Lipinski definition) is 3. The Labute approximate surface area is 177 Å². The molecule has 2 aromatic rings. The van der Waals surface area contributed by atoms with Crippen LogP contribution in [0.4, 0.5) is 0 Å². The van der Waals surface area contributed by atoms with Crippen LogP contribution in [0.2, 0.25) is 5.02 Å². The number of halogens is 1. The van der Waals surface area contributed by atoms with Gasteiger partial charge in [0.25, 0.3) is 5.91 Å². The molecule has 0 aromatic heterocycles. The van der Waals surface area contributed by atoms with Crippen LogP contribution in [0.1, 0.15) is 48.0 Å². The molecular formula is C22H25ClN2O3S. The monoisotopic (exact) mass is 432 g/mol. The molecule has 5 nitrogen and oxygen atoms in total. The summed E-state index contributed by atoms with van der Waals surface area (Å²) in [6.07, 6.45) is 7.97. The van der Waals surface area contributed by atoms with Gasteiger partial charge < -0.3 is 5.32 Å². The van der Waals surface area contributed by atoms with E-state index in [9.17, 15) is 13.2 Å². The molecule has 0 heterocycles. The molecule has 2 aromatic carbocycles. The minimum absolute atomic E-state index is 0.116. The zero-order chi connectivity index (χ0) is 20.7. The SMILES string of the molecule is O=C(NCCC1=CCCCC1)c1ccc(CNS(=O)(=O)c2ccc(Cl)cc2)cc1. The lowest BCUT2D eigenvalue weighted by Crippen LogP contribution is -2.25. The van der Waals surface area contributed by atoms with E-state index in [1.54, 1.807) is 24.3 Å². The summed E-state index contributed by atoms with van der Waals surface area (Å²) in [6.45, 7) is 0.772. The largest absolute Gasteiger partial charge is 0.352 e. The zero-order valence-corrected chi connectivity index (χ0v) is 17.7. The summed E-state index contributed by atoms with van der Waals surface area (Å²) in [7, 11) is -3.62. The van der Waals surface area contributed by atoms with Crippen LogP contribution < -0.4 is 10.0 Å². The molecule has 0 aliphatic heterocycles. The molecule has 0 fully saturated rings. The summed E-state index contributed by atoms with van der Waals surface area (Å²) >= 11 is 5.80. The van der Waals surface area contributed by atoms with Crippen molar-refractivity contribution in [3.05, 3.63) is 76.3 Å². The standard InChI is InChI=1S/C22H25ClN2O3S/c23-20-10-12-21(13-11-20)29(27,28)25-16-18-6-8-19(9-7-18)22(26)24-15-14-17-4-2-1-3-5-17/h4,6-13,25H,1-3,5,14-16H2,(H,24,26). The molecular weight excluding hydrogens is 408 g/mol. The minimum atomic E-state index is -3.62. The van der Waals surface area contributed by atoms with E-state index in [2.05, 4.69) is 16.1 Å². The third-order valence-corrected chi connectivity index (χ3v) is 6.59. The van der Waals surface area contributed by atoms with Gasteiger partial charge in [0, 0.05) is 23.7 Å². The molecule has 0 radical (unpaired) electrons. The first kappa shape index (κ1) is 21.6. The maximum absolute atomic E-state index is 12.3. The second-order valence-corrected chi connectivity index (χ2v) is 9.29. The van der Waals surface area contributed by atoms with Crippen LogP contribution in [0.25, 0.3) is 0 Å². The van der Waals surface area contributed by atoms with Crippen molar-refractivity contribution in [2.24, 2.45) is 0 Å². The molecule has 1 aliphatic rings. The van der Waals surface area contributed by atoms with E-state index < -0.39 is 10.0 Å². The van der Waals surface area contributed by atoms with Crippen molar-refractivity contribution in [2.75, 3.05) is 6.54 Å². The molecule has 0 spiro atoms. The van der Waals surface area contributed by atoms with Gasteiger partial charge in [0.05, 0.1) is 4.90 Å². The molecule has 154 valence electrons. The number of carbonyl (C=O) groups excluding carboxylic acids is 1. The van der Waals surface area contributed by atoms with Crippen molar-refractivity contribution in [1.29, 1.82) is 0 Å². The average molecular weight is 433 g/mol. The van der Waals surface area contributed by atoms with Crippen molar-refractivity contribution in [3.8, 4) is 0 Å². The topological polar surface area (TPSA) is 75.3 Å². The number of benzene rings is 2. The lowest BCUT2D eigenvalue weighted by Gasteiger charge is -2.13. The van der Waals surface area contributed by atoms with E-state index in [1.165, 1.54) is 42.7 Å². The van der Waals surface area contributed by atoms with Crippen LogP contribution in [-0.4, -0.2) is 20.9 Å². The Morgan fingerprint density at radius 3 is 2.38 bits per heavy atom. The number of hydrogen-bond donors (Lipinski definition) is 2. The summed E-state index contributed by atoms with van der Waals surface area (Å²) < 4.78 is 27.2. The van der Waals surface area contributed by atoms with Crippen molar-refractivity contribution in [1.82, 2.24) is 10.0 Å². The van der Waals surface area contributed by atoms with Crippen LogP contribution in [0.15, 0.2) is 65.1 Å². The molecule has 0 unspecified atom stereocenters. The highest BCUT2D eigenvalue weighted by atomic mass is 35.5. The van der Waals surface area contributed by atoms with Gasteiger partial charge in [-0.2, -0.15) is 0 Å². The molecule has 1 amide bonds. The van der Waals surface area contributed by atoms with Gasteiger partial charge in [-0.1, -0.05) is 35.4 Å². The second kappa shape index (κ2) is 10.1. The Morgan fingerprint density at radius 1 is 1.00 bits per heavy atom. The van der Waals surface area contributed by atoms with Gasteiger partial charge in [0.2, 0.25) is 10.0 Å². The molecule has 3 rings (SSSR count). The molecule has 7 heteroatoms. The summed E-state index contributed by atoms with van der Waals surface area (Å²) in [5, 5.41) is 3.43.